The molecule has 0 saturated heterocycles. The number of carbonyl (C=O) groups is 1. The summed E-state index contributed by atoms with van der Waals surface area (Å²) in [5.74, 6) is 0.429. The van der Waals surface area contributed by atoms with Crippen LogP contribution >= 0.6 is 11.6 Å². The fraction of sp³-hybridized carbons (Fsp3) is 0.474. The molecule has 6 nitrogen and oxygen atoms in total. The maximum absolute atomic E-state index is 12.1. The summed E-state index contributed by atoms with van der Waals surface area (Å²) in [5, 5.41) is 12.6. The monoisotopic (exact) mass is 372 g/mol. The average Bonchev–Trinajstić information content (AvgIpc) is 2.64. The summed E-state index contributed by atoms with van der Waals surface area (Å²) in [4.78, 5) is 20.1. The van der Waals surface area contributed by atoms with Crippen molar-refractivity contribution in [2.75, 3.05) is 0 Å². The van der Waals surface area contributed by atoms with Crippen molar-refractivity contribution in [3.8, 4) is 6.07 Å². The SMILES string of the molecule is CC1C=C(O[C@H]2CC[C@H](NC(=O)c3ncccn3)CC2)C=C(Cl)C1C#N. The third-order valence-corrected chi connectivity index (χ3v) is 5.09. The van der Waals surface area contributed by atoms with Gasteiger partial charge in [-0.2, -0.15) is 5.26 Å². The Hall–Kier alpha value is -2.39. The number of allylic oxidation sites excluding steroid dienone is 3. The molecule has 2 aliphatic carbocycles. The average molecular weight is 373 g/mol. The molecule has 2 unspecified atom stereocenters. The number of carbonyl (C=O) groups excluding carboxylic acids is 1. The van der Waals surface area contributed by atoms with Crippen molar-refractivity contribution in [1.29, 1.82) is 5.26 Å². The molecule has 2 atom stereocenters. The fourth-order valence-corrected chi connectivity index (χ4v) is 3.67. The lowest BCUT2D eigenvalue weighted by atomic mass is 9.90. The van der Waals surface area contributed by atoms with Crippen LogP contribution in [0.1, 0.15) is 43.2 Å². The molecule has 1 N–H and O–H groups in total. The Bertz CT molecular complexity index is 749. The molecule has 136 valence electrons. The van der Waals surface area contributed by atoms with Crippen molar-refractivity contribution in [3.05, 3.63) is 47.2 Å². The number of amides is 1. The lowest BCUT2D eigenvalue weighted by Crippen LogP contribution is -2.39. The van der Waals surface area contributed by atoms with Gasteiger partial charge in [-0.1, -0.05) is 18.5 Å². The number of nitrogens with one attached hydrogen (secondary N) is 1. The van der Waals surface area contributed by atoms with Gasteiger partial charge in [0.15, 0.2) is 0 Å². The first-order valence-electron chi connectivity index (χ1n) is 8.80. The van der Waals surface area contributed by atoms with Crippen LogP contribution in [0.2, 0.25) is 0 Å². The molecular formula is C19H21ClN4O2. The summed E-state index contributed by atoms with van der Waals surface area (Å²) < 4.78 is 6.06. The molecule has 1 aromatic heterocycles. The largest absolute Gasteiger partial charge is 0.491 e. The van der Waals surface area contributed by atoms with Gasteiger partial charge in [-0.25, -0.2) is 9.97 Å². The molecule has 0 aliphatic heterocycles. The van der Waals surface area contributed by atoms with Crippen LogP contribution in [0.25, 0.3) is 0 Å². The number of hydrogen-bond acceptors (Lipinski definition) is 5. The summed E-state index contributed by atoms with van der Waals surface area (Å²) in [5.41, 5.74) is 0. The van der Waals surface area contributed by atoms with E-state index in [-0.39, 0.29) is 35.7 Å². The number of nitrogens with zero attached hydrogens (tertiary/aromatic N) is 3. The molecule has 1 amide bonds. The van der Waals surface area contributed by atoms with Crippen molar-refractivity contribution in [1.82, 2.24) is 15.3 Å². The molecule has 1 aromatic rings. The van der Waals surface area contributed by atoms with Crippen LogP contribution in [0.5, 0.6) is 0 Å². The van der Waals surface area contributed by atoms with E-state index in [1.165, 1.54) is 0 Å². The number of aromatic nitrogens is 2. The van der Waals surface area contributed by atoms with Gasteiger partial charge in [0.1, 0.15) is 5.76 Å². The van der Waals surface area contributed by atoms with Gasteiger partial charge in [-0.3, -0.25) is 4.79 Å². The predicted molar refractivity (Wildman–Crippen MR) is 96.9 cm³/mol. The van der Waals surface area contributed by atoms with Crippen molar-refractivity contribution in [3.63, 3.8) is 0 Å². The van der Waals surface area contributed by atoms with E-state index in [2.05, 4.69) is 21.4 Å². The van der Waals surface area contributed by atoms with Crippen molar-refractivity contribution in [2.24, 2.45) is 11.8 Å². The van der Waals surface area contributed by atoms with Crippen molar-refractivity contribution in [2.45, 2.75) is 44.8 Å². The second-order valence-electron chi connectivity index (χ2n) is 6.70. The summed E-state index contributed by atoms with van der Waals surface area (Å²) in [6.45, 7) is 1.96. The Morgan fingerprint density at radius 2 is 2.00 bits per heavy atom. The minimum absolute atomic E-state index is 0.0361. The number of ether oxygens (including phenoxy) is 1. The molecule has 1 fully saturated rings. The molecule has 0 radical (unpaired) electrons. The molecule has 0 spiro atoms. The van der Waals surface area contributed by atoms with Crippen LogP contribution in [0.15, 0.2) is 41.4 Å². The van der Waals surface area contributed by atoms with Crippen LogP contribution in [0.4, 0.5) is 0 Å². The molecule has 0 aromatic carbocycles. The first-order chi connectivity index (χ1) is 12.6. The fourth-order valence-electron chi connectivity index (χ4n) is 3.32. The van der Waals surface area contributed by atoms with Gasteiger partial charge in [0.25, 0.3) is 5.91 Å². The number of rotatable bonds is 4. The van der Waals surface area contributed by atoms with E-state index in [1.807, 2.05) is 13.0 Å². The molecule has 3 rings (SSSR count). The minimum Gasteiger partial charge on any atom is -0.491 e. The van der Waals surface area contributed by atoms with Gasteiger partial charge in [-0.15, -0.1) is 0 Å². The standard InChI is InChI=1S/C19H21ClN4O2/c1-12-9-15(10-17(20)16(12)11-21)26-14-5-3-13(4-6-14)24-19(25)18-22-7-2-8-23-18/h2,7-10,12-14,16H,3-6H2,1H3,(H,24,25)/t12?,13-,14-,16?. The van der Waals surface area contributed by atoms with Gasteiger partial charge in [-0.05, 0) is 49.8 Å². The Kier molecular flexibility index (Phi) is 5.89. The second kappa shape index (κ2) is 8.33. The van der Waals surface area contributed by atoms with Crippen LogP contribution in [0, 0.1) is 23.2 Å². The second-order valence-corrected chi connectivity index (χ2v) is 7.14. The van der Waals surface area contributed by atoms with E-state index in [4.69, 9.17) is 21.6 Å². The van der Waals surface area contributed by atoms with Crippen LogP contribution in [0.3, 0.4) is 0 Å². The Labute approximate surface area is 157 Å². The molecule has 1 saturated carbocycles. The van der Waals surface area contributed by atoms with Crippen LogP contribution < -0.4 is 5.32 Å². The third kappa shape index (κ3) is 4.41. The predicted octanol–water partition coefficient (Wildman–Crippen LogP) is 3.33. The summed E-state index contributed by atoms with van der Waals surface area (Å²) in [7, 11) is 0. The topological polar surface area (TPSA) is 87.9 Å². The summed E-state index contributed by atoms with van der Waals surface area (Å²) in [6.07, 6.45) is 10.3. The summed E-state index contributed by atoms with van der Waals surface area (Å²) in [6, 6.07) is 4.00. The quantitative estimate of drug-likeness (QED) is 0.875. The third-order valence-electron chi connectivity index (χ3n) is 4.75. The number of halogens is 1. The van der Waals surface area contributed by atoms with E-state index < -0.39 is 0 Å². The van der Waals surface area contributed by atoms with Crippen LogP contribution in [-0.2, 0) is 4.74 Å². The van der Waals surface area contributed by atoms with Gasteiger partial charge in [0.2, 0.25) is 5.82 Å². The van der Waals surface area contributed by atoms with E-state index in [0.717, 1.165) is 31.4 Å². The molecule has 1 heterocycles. The van der Waals surface area contributed by atoms with Crippen molar-refractivity contribution < 1.29 is 9.53 Å². The zero-order valence-electron chi connectivity index (χ0n) is 14.6. The van der Waals surface area contributed by atoms with Gasteiger partial charge in [0.05, 0.1) is 18.1 Å². The normalized spacial score (nSPS) is 28.3. The van der Waals surface area contributed by atoms with E-state index >= 15 is 0 Å². The lowest BCUT2D eigenvalue weighted by Gasteiger charge is -2.31. The van der Waals surface area contributed by atoms with Gasteiger partial charge >= 0.3 is 0 Å². The van der Waals surface area contributed by atoms with Crippen molar-refractivity contribution >= 4 is 17.5 Å². The maximum Gasteiger partial charge on any atom is 0.289 e. The maximum atomic E-state index is 12.1. The Balaban J connectivity index is 1.49. The zero-order chi connectivity index (χ0) is 18.5. The molecular weight excluding hydrogens is 352 g/mol. The van der Waals surface area contributed by atoms with E-state index in [9.17, 15) is 4.79 Å². The van der Waals surface area contributed by atoms with Gasteiger partial charge in [0, 0.05) is 23.5 Å². The van der Waals surface area contributed by atoms with E-state index in [0.29, 0.717) is 5.03 Å². The Morgan fingerprint density at radius 3 is 2.62 bits per heavy atom. The minimum atomic E-state index is -0.296. The summed E-state index contributed by atoms with van der Waals surface area (Å²) >= 11 is 6.19. The highest BCUT2D eigenvalue weighted by atomic mass is 35.5. The molecule has 2 aliphatic rings. The highest BCUT2D eigenvalue weighted by molar-refractivity contribution is 6.30. The highest BCUT2D eigenvalue weighted by Gasteiger charge is 2.28. The number of nitriles is 1. The molecule has 26 heavy (non-hydrogen) atoms. The molecule has 0 bridgehead atoms. The molecule has 7 heteroatoms. The van der Waals surface area contributed by atoms with Gasteiger partial charge < -0.3 is 10.1 Å². The van der Waals surface area contributed by atoms with Crippen LogP contribution in [-0.4, -0.2) is 28.0 Å². The lowest BCUT2D eigenvalue weighted by molar-refractivity contribution is 0.0718. The number of hydrogen-bond donors (Lipinski definition) is 1. The Morgan fingerprint density at radius 1 is 1.31 bits per heavy atom. The van der Waals surface area contributed by atoms with E-state index in [1.54, 1.807) is 24.5 Å². The zero-order valence-corrected chi connectivity index (χ0v) is 15.3. The first kappa shape index (κ1) is 18.4. The first-order valence-corrected chi connectivity index (χ1v) is 9.17. The highest BCUT2D eigenvalue weighted by Crippen LogP contribution is 2.33. The smallest absolute Gasteiger partial charge is 0.289 e.